The number of carboxylic acids is 1. The summed E-state index contributed by atoms with van der Waals surface area (Å²) >= 11 is 0. The minimum atomic E-state index is -1.11. The summed E-state index contributed by atoms with van der Waals surface area (Å²) in [7, 11) is 0. The van der Waals surface area contributed by atoms with Crippen molar-refractivity contribution < 1.29 is 24.5 Å². The molecule has 1 unspecified atom stereocenters. The molecule has 0 amide bonds. The molecule has 0 aliphatic rings. The van der Waals surface area contributed by atoms with Gasteiger partial charge in [-0.2, -0.15) is 0 Å². The van der Waals surface area contributed by atoms with E-state index in [-0.39, 0.29) is 17.7 Å². The summed E-state index contributed by atoms with van der Waals surface area (Å²) in [5.74, 6) is -1.76. The zero-order valence-electron chi connectivity index (χ0n) is 8.71. The minimum Gasteiger partial charge on any atom is -0.478 e. The molecule has 5 heteroatoms. The van der Waals surface area contributed by atoms with E-state index in [1.54, 1.807) is 0 Å². The van der Waals surface area contributed by atoms with Crippen molar-refractivity contribution in [2.24, 2.45) is 0 Å². The van der Waals surface area contributed by atoms with E-state index >= 15 is 0 Å². The van der Waals surface area contributed by atoms with Crippen LogP contribution in [0.4, 0.5) is 0 Å². The maximum absolute atomic E-state index is 11.4. The summed E-state index contributed by atoms with van der Waals surface area (Å²) in [4.78, 5) is 22.0. The van der Waals surface area contributed by atoms with Crippen LogP contribution >= 0.6 is 0 Å². The lowest BCUT2D eigenvalue weighted by Gasteiger charge is -2.06. The van der Waals surface area contributed by atoms with Gasteiger partial charge in [0.25, 0.3) is 0 Å². The third kappa shape index (κ3) is 3.36. The normalized spacial score (nSPS) is 11.9. The van der Waals surface area contributed by atoms with Gasteiger partial charge < -0.3 is 14.9 Å². The predicted octanol–water partition coefficient (Wildman–Crippen LogP) is 0.922. The third-order valence-corrected chi connectivity index (χ3v) is 1.80. The van der Waals surface area contributed by atoms with Crippen molar-refractivity contribution in [3.05, 3.63) is 35.4 Å². The molecule has 0 bridgehead atoms. The average Bonchev–Trinajstić information content (AvgIpc) is 2.26. The molecule has 0 aliphatic heterocycles. The number of hydrogen-bond acceptors (Lipinski definition) is 4. The van der Waals surface area contributed by atoms with Gasteiger partial charge in [0.15, 0.2) is 0 Å². The highest BCUT2D eigenvalue weighted by Crippen LogP contribution is 2.07. The number of benzene rings is 1. The van der Waals surface area contributed by atoms with Gasteiger partial charge in [-0.05, 0) is 25.1 Å². The molecule has 0 radical (unpaired) electrons. The molecule has 16 heavy (non-hydrogen) atoms. The van der Waals surface area contributed by atoms with Gasteiger partial charge >= 0.3 is 11.9 Å². The maximum Gasteiger partial charge on any atom is 0.338 e. The Kier molecular flexibility index (Phi) is 4.02. The summed E-state index contributed by atoms with van der Waals surface area (Å²) < 4.78 is 4.74. The van der Waals surface area contributed by atoms with Gasteiger partial charge in [0.1, 0.15) is 6.61 Å². The van der Waals surface area contributed by atoms with Gasteiger partial charge in [-0.15, -0.1) is 0 Å². The lowest BCUT2D eigenvalue weighted by molar-refractivity contribution is 0.0296. The predicted molar refractivity (Wildman–Crippen MR) is 55.4 cm³/mol. The van der Waals surface area contributed by atoms with Gasteiger partial charge in [-0.25, -0.2) is 9.59 Å². The fraction of sp³-hybridized carbons (Fsp3) is 0.273. The molecule has 1 aromatic rings. The summed E-state index contributed by atoms with van der Waals surface area (Å²) in [6, 6.07) is 5.53. The van der Waals surface area contributed by atoms with Crippen LogP contribution < -0.4 is 0 Å². The highest BCUT2D eigenvalue weighted by atomic mass is 16.5. The highest BCUT2D eigenvalue weighted by molar-refractivity contribution is 5.94. The van der Waals surface area contributed by atoms with Crippen molar-refractivity contribution >= 4 is 11.9 Å². The van der Waals surface area contributed by atoms with E-state index in [4.69, 9.17) is 14.9 Å². The SMILES string of the molecule is CC(O)COC(=O)c1cccc(C(=O)O)c1. The fourth-order valence-electron chi connectivity index (χ4n) is 1.06. The molecule has 0 fully saturated rings. The van der Waals surface area contributed by atoms with Gasteiger partial charge in [0.05, 0.1) is 17.2 Å². The summed E-state index contributed by atoms with van der Waals surface area (Å²) in [6.07, 6.45) is -0.744. The first-order chi connectivity index (χ1) is 7.50. The van der Waals surface area contributed by atoms with Gasteiger partial charge in [-0.3, -0.25) is 0 Å². The van der Waals surface area contributed by atoms with Crippen molar-refractivity contribution in [2.75, 3.05) is 6.61 Å². The number of aliphatic hydroxyl groups excluding tert-OH is 1. The Bertz CT molecular complexity index is 397. The average molecular weight is 224 g/mol. The fourth-order valence-corrected chi connectivity index (χ4v) is 1.06. The Morgan fingerprint density at radius 3 is 2.56 bits per heavy atom. The van der Waals surface area contributed by atoms with E-state index in [0.717, 1.165) is 0 Å². The number of carbonyl (C=O) groups excluding carboxylic acids is 1. The van der Waals surface area contributed by atoms with Crippen molar-refractivity contribution in [3.8, 4) is 0 Å². The Hall–Kier alpha value is -1.88. The molecule has 2 N–H and O–H groups in total. The number of carbonyl (C=O) groups is 2. The molecular weight excluding hydrogens is 212 g/mol. The molecule has 0 heterocycles. The van der Waals surface area contributed by atoms with Crippen molar-refractivity contribution in [2.45, 2.75) is 13.0 Å². The van der Waals surface area contributed by atoms with Gasteiger partial charge in [-0.1, -0.05) is 6.07 Å². The Labute approximate surface area is 92.3 Å². The first-order valence-corrected chi connectivity index (χ1v) is 4.69. The molecule has 0 spiro atoms. The van der Waals surface area contributed by atoms with Crippen LogP contribution in [0, 0.1) is 0 Å². The highest BCUT2D eigenvalue weighted by Gasteiger charge is 2.11. The lowest BCUT2D eigenvalue weighted by Crippen LogP contribution is -2.15. The zero-order valence-corrected chi connectivity index (χ0v) is 8.71. The van der Waals surface area contributed by atoms with E-state index in [1.165, 1.54) is 31.2 Å². The van der Waals surface area contributed by atoms with Crippen LogP contribution in [0.2, 0.25) is 0 Å². The number of aliphatic hydroxyl groups is 1. The van der Waals surface area contributed by atoms with Crippen LogP contribution in [0.3, 0.4) is 0 Å². The second kappa shape index (κ2) is 5.27. The number of rotatable bonds is 4. The van der Waals surface area contributed by atoms with E-state index in [0.29, 0.717) is 0 Å². The van der Waals surface area contributed by atoms with E-state index in [1.807, 2.05) is 0 Å². The summed E-state index contributed by atoms with van der Waals surface area (Å²) in [6.45, 7) is 1.37. The quantitative estimate of drug-likeness (QED) is 0.743. The van der Waals surface area contributed by atoms with Crippen LogP contribution in [0.5, 0.6) is 0 Å². The van der Waals surface area contributed by atoms with E-state index in [2.05, 4.69) is 0 Å². The number of carboxylic acid groups (broad SMARTS) is 1. The maximum atomic E-state index is 11.4. The van der Waals surface area contributed by atoms with Crippen molar-refractivity contribution in [1.29, 1.82) is 0 Å². The molecule has 0 aliphatic carbocycles. The second-order valence-electron chi connectivity index (χ2n) is 3.33. The first kappa shape index (κ1) is 12.2. The Balaban J connectivity index is 2.76. The third-order valence-electron chi connectivity index (χ3n) is 1.80. The molecule has 1 atom stereocenters. The molecule has 1 aromatic carbocycles. The van der Waals surface area contributed by atoms with Crippen LogP contribution in [-0.4, -0.2) is 34.9 Å². The molecule has 86 valence electrons. The van der Waals surface area contributed by atoms with Crippen LogP contribution in [0.1, 0.15) is 27.6 Å². The Morgan fingerprint density at radius 1 is 1.38 bits per heavy atom. The van der Waals surface area contributed by atoms with E-state index < -0.39 is 18.0 Å². The first-order valence-electron chi connectivity index (χ1n) is 4.69. The lowest BCUT2D eigenvalue weighted by atomic mass is 10.1. The minimum absolute atomic E-state index is 0.0199. The number of ether oxygens (including phenoxy) is 1. The topological polar surface area (TPSA) is 83.8 Å². The van der Waals surface area contributed by atoms with Gasteiger partial charge in [0.2, 0.25) is 0 Å². The standard InChI is InChI=1S/C11H12O5/c1-7(12)6-16-11(15)9-4-2-3-8(5-9)10(13)14/h2-5,7,12H,6H2,1H3,(H,13,14). The smallest absolute Gasteiger partial charge is 0.338 e. The number of hydrogen-bond donors (Lipinski definition) is 2. The molecule has 0 saturated heterocycles. The van der Waals surface area contributed by atoms with Crippen molar-refractivity contribution in [1.82, 2.24) is 0 Å². The van der Waals surface area contributed by atoms with E-state index in [9.17, 15) is 9.59 Å². The zero-order chi connectivity index (χ0) is 12.1. The molecular formula is C11H12O5. The summed E-state index contributed by atoms with van der Waals surface area (Å²) in [5.41, 5.74) is 0.173. The molecule has 0 aromatic heterocycles. The molecule has 1 rings (SSSR count). The summed E-state index contributed by atoms with van der Waals surface area (Å²) in [5, 5.41) is 17.6. The Morgan fingerprint density at radius 2 is 2.00 bits per heavy atom. The number of aromatic carboxylic acids is 1. The second-order valence-corrected chi connectivity index (χ2v) is 3.33. The number of esters is 1. The van der Waals surface area contributed by atoms with Crippen molar-refractivity contribution in [3.63, 3.8) is 0 Å². The molecule has 5 nitrogen and oxygen atoms in total. The largest absolute Gasteiger partial charge is 0.478 e. The van der Waals surface area contributed by atoms with Crippen LogP contribution in [0.15, 0.2) is 24.3 Å². The van der Waals surface area contributed by atoms with Gasteiger partial charge in [0, 0.05) is 0 Å². The molecule has 0 saturated carbocycles. The monoisotopic (exact) mass is 224 g/mol. The van der Waals surface area contributed by atoms with Crippen LogP contribution in [0.25, 0.3) is 0 Å². The van der Waals surface area contributed by atoms with Crippen LogP contribution in [-0.2, 0) is 4.74 Å².